The number of thioether (sulfide) groups is 1. The minimum atomic E-state index is 0.165. The standard InChI is InChI=1S/C11H19N3OS/c1-7-5-11(14-9(3)12-7)13-8(2)10(6-15)16-4/h5,8,10,15H,6H2,1-4H3,(H,12,13,14). The Labute approximate surface area is 101 Å². The van der Waals surface area contributed by atoms with Crippen molar-refractivity contribution >= 4 is 17.6 Å². The minimum absolute atomic E-state index is 0.165. The minimum Gasteiger partial charge on any atom is -0.395 e. The molecule has 2 unspecified atom stereocenters. The molecule has 0 amide bonds. The summed E-state index contributed by atoms with van der Waals surface area (Å²) in [6, 6.07) is 2.09. The van der Waals surface area contributed by atoms with Crippen molar-refractivity contribution in [2.45, 2.75) is 32.1 Å². The van der Waals surface area contributed by atoms with Gasteiger partial charge in [0.1, 0.15) is 11.6 Å². The third-order valence-corrected chi connectivity index (χ3v) is 3.54. The third kappa shape index (κ3) is 3.64. The molecule has 0 saturated carbocycles. The van der Waals surface area contributed by atoms with Crippen LogP contribution in [0.4, 0.5) is 5.82 Å². The van der Waals surface area contributed by atoms with Gasteiger partial charge in [0.2, 0.25) is 0 Å². The van der Waals surface area contributed by atoms with Crippen molar-refractivity contribution in [1.82, 2.24) is 9.97 Å². The van der Waals surface area contributed by atoms with Crippen LogP contribution in [-0.4, -0.2) is 39.2 Å². The van der Waals surface area contributed by atoms with E-state index >= 15 is 0 Å². The molecule has 1 rings (SSSR count). The van der Waals surface area contributed by atoms with Crippen LogP contribution in [0.1, 0.15) is 18.4 Å². The fourth-order valence-corrected chi connectivity index (χ4v) is 2.18. The van der Waals surface area contributed by atoms with E-state index in [2.05, 4.69) is 15.3 Å². The molecular formula is C11H19N3OS. The zero-order chi connectivity index (χ0) is 12.1. The molecular weight excluding hydrogens is 222 g/mol. The largest absolute Gasteiger partial charge is 0.395 e. The Hall–Kier alpha value is -0.810. The lowest BCUT2D eigenvalue weighted by atomic mass is 10.2. The molecule has 0 aliphatic rings. The number of aryl methyl sites for hydroxylation is 2. The second kappa shape index (κ2) is 6.06. The molecule has 0 bridgehead atoms. The van der Waals surface area contributed by atoms with E-state index in [1.807, 2.05) is 33.1 Å². The van der Waals surface area contributed by atoms with E-state index in [4.69, 9.17) is 0 Å². The van der Waals surface area contributed by atoms with Gasteiger partial charge in [0, 0.05) is 23.1 Å². The molecule has 5 heteroatoms. The van der Waals surface area contributed by atoms with E-state index < -0.39 is 0 Å². The summed E-state index contributed by atoms with van der Waals surface area (Å²) in [6.45, 7) is 6.03. The molecule has 2 N–H and O–H groups in total. The lowest BCUT2D eigenvalue weighted by Crippen LogP contribution is -2.31. The number of nitrogens with zero attached hydrogens (tertiary/aromatic N) is 2. The van der Waals surface area contributed by atoms with Crippen LogP contribution in [0.25, 0.3) is 0 Å². The smallest absolute Gasteiger partial charge is 0.130 e. The first kappa shape index (κ1) is 13.3. The summed E-state index contributed by atoms with van der Waals surface area (Å²) in [5.74, 6) is 1.59. The van der Waals surface area contributed by atoms with Gasteiger partial charge in [0.05, 0.1) is 6.61 Å². The van der Waals surface area contributed by atoms with E-state index in [0.29, 0.717) is 0 Å². The summed E-state index contributed by atoms with van der Waals surface area (Å²) in [5.41, 5.74) is 0.951. The van der Waals surface area contributed by atoms with Gasteiger partial charge in [0.15, 0.2) is 0 Å². The fourth-order valence-electron chi connectivity index (χ4n) is 1.55. The zero-order valence-corrected chi connectivity index (χ0v) is 11.0. The molecule has 90 valence electrons. The van der Waals surface area contributed by atoms with Crippen LogP contribution >= 0.6 is 11.8 Å². The molecule has 1 aromatic heterocycles. The number of hydrogen-bond donors (Lipinski definition) is 2. The first-order valence-electron chi connectivity index (χ1n) is 5.29. The van der Waals surface area contributed by atoms with E-state index in [9.17, 15) is 5.11 Å². The maximum absolute atomic E-state index is 9.19. The highest BCUT2D eigenvalue weighted by Crippen LogP contribution is 2.15. The van der Waals surface area contributed by atoms with Crippen molar-refractivity contribution < 1.29 is 5.11 Å². The Morgan fingerprint density at radius 3 is 2.62 bits per heavy atom. The van der Waals surface area contributed by atoms with Crippen molar-refractivity contribution in [3.8, 4) is 0 Å². The maximum Gasteiger partial charge on any atom is 0.130 e. The third-order valence-electron chi connectivity index (χ3n) is 2.38. The summed E-state index contributed by atoms with van der Waals surface area (Å²) < 4.78 is 0. The van der Waals surface area contributed by atoms with Crippen LogP contribution in [0.3, 0.4) is 0 Å². The SMILES string of the molecule is CSC(CO)C(C)Nc1cc(C)nc(C)n1. The normalized spacial score (nSPS) is 14.6. The van der Waals surface area contributed by atoms with Crippen molar-refractivity contribution in [3.63, 3.8) is 0 Å². The first-order valence-corrected chi connectivity index (χ1v) is 6.58. The molecule has 16 heavy (non-hydrogen) atoms. The van der Waals surface area contributed by atoms with Crippen molar-refractivity contribution in [3.05, 3.63) is 17.6 Å². The predicted molar refractivity (Wildman–Crippen MR) is 69.0 cm³/mol. The number of aromatic nitrogens is 2. The zero-order valence-electron chi connectivity index (χ0n) is 10.2. The summed E-state index contributed by atoms with van der Waals surface area (Å²) in [7, 11) is 0. The van der Waals surface area contributed by atoms with Gasteiger partial charge >= 0.3 is 0 Å². The van der Waals surface area contributed by atoms with E-state index in [-0.39, 0.29) is 17.9 Å². The Morgan fingerprint density at radius 2 is 2.12 bits per heavy atom. The van der Waals surface area contributed by atoms with Gasteiger partial charge in [-0.1, -0.05) is 0 Å². The van der Waals surface area contributed by atoms with Crippen LogP contribution in [0.5, 0.6) is 0 Å². The number of anilines is 1. The lowest BCUT2D eigenvalue weighted by molar-refractivity contribution is 0.288. The molecule has 0 saturated heterocycles. The summed E-state index contributed by atoms with van der Waals surface area (Å²) in [6.07, 6.45) is 2.00. The van der Waals surface area contributed by atoms with Gasteiger partial charge in [0.25, 0.3) is 0 Å². The molecule has 0 aliphatic heterocycles. The molecule has 4 nitrogen and oxygen atoms in total. The molecule has 0 fully saturated rings. The fraction of sp³-hybridized carbons (Fsp3) is 0.636. The number of aliphatic hydroxyl groups is 1. The summed E-state index contributed by atoms with van der Waals surface area (Å²) in [4.78, 5) is 8.53. The summed E-state index contributed by atoms with van der Waals surface area (Å²) >= 11 is 1.65. The van der Waals surface area contributed by atoms with Crippen LogP contribution in [0.15, 0.2) is 6.07 Å². The van der Waals surface area contributed by atoms with E-state index in [1.54, 1.807) is 11.8 Å². The Morgan fingerprint density at radius 1 is 1.44 bits per heavy atom. The number of hydrogen-bond acceptors (Lipinski definition) is 5. The second-order valence-corrected chi connectivity index (χ2v) is 4.91. The second-order valence-electron chi connectivity index (χ2n) is 3.83. The molecule has 1 heterocycles. The van der Waals surface area contributed by atoms with Gasteiger partial charge in [-0.2, -0.15) is 11.8 Å². The molecule has 0 aliphatic carbocycles. The summed E-state index contributed by atoms with van der Waals surface area (Å²) in [5, 5.41) is 12.7. The number of nitrogens with one attached hydrogen (secondary N) is 1. The van der Waals surface area contributed by atoms with Crippen LogP contribution in [0, 0.1) is 13.8 Å². The first-order chi connectivity index (χ1) is 7.56. The van der Waals surface area contributed by atoms with Gasteiger partial charge in [-0.25, -0.2) is 9.97 Å². The monoisotopic (exact) mass is 241 g/mol. The van der Waals surface area contributed by atoms with E-state index in [0.717, 1.165) is 17.3 Å². The number of aliphatic hydroxyl groups excluding tert-OH is 1. The average molecular weight is 241 g/mol. The van der Waals surface area contributed by atoms with Crippen molar-refractivity contribution in [2.24, 2.45) is 0 Å². The molecule has 0 aromatic carbocycles. The predicted octanol–water partition coefficient (Wildman–Crippen LogP) is 1.62. The maximum atomic E-state index is 9.19. The van der Waals surface area contributed by atoms with Gasteiger partial charge in [-0.05, 0) is 27.0 Å². The average Bonchev–Trinajstić information content (AvgIpc) is 2.17. The topological polar surface area (TPSA) is 58.0 Å². The molecule has 2 atom stereocenters. The molecule has 1 aromatic rings. The quantitative estimate of drug-likeness (QED) is 0.820. The Balaban J connectivity index is 2.72. The highest BCUT2D eigenvalue weighted by Gasteiger charge is 2.15. The molecule has 0 radical (unpaired) electrons. The van der Waals surface area contributed by atoms with Gasteiger partial charge in [-0.15, -0.1) is 0 Å². The van der Waals surface area contributed by atoms with Crippen molar-refractivity contribution in [1.29, 1.82) is 0 Å². The number of rotatable bonds is 5. The van der Waals surface area contributed by atoms with Crippen LogP contribution in [-0.2, 0) is 0 Å². The van der Waals surface area contributed by atoms with Crippen LogP contribution < -0.4 is 5.32 Å². The molecule has 0 spiro atoms. The Kier molecular flexibility index (Phi) is 5.02. The highest BCUT2D eigenvalue weighted by molar-refractivity contribution is 7.99. The van der Waals surface area contributed by atoms with Crippen molar-refractivity contribution in [2.75, 3.05) is 18.2 Å². The van der Waals surface area contributed by atoms with Crippen LogP contribution in [0.2, 0.25) is 0 Å². The van der Waals surface area contributed by atoms with Gasteiger partial charge < -0.3 is 10.4 Å². The highest BCUT2D eigenvalue weighted by atomic mass is 32.2. The van der Waals surface area contributed by atoms with Gasteiger partial charge in [-0.3, -0.25) is 0 Å². The Bertz CT molecular complexity index is 322. The lowest BCUT2D eigenvalue weighted by Gasteiger charge is -2.22. The van der Waals surface area contributed by atoms with E-state index in [1.165, 1.54) is 0 Å².